The Balaban J connectivity index is 2.17. The van der Waals surface area contributed by atoms with E-state index in [2.05, 4.69) is 4.72 Å². The molecule has 0 atom stereocenters. The molecule has 112 valence electrons. The van der Waals surface area contributed by atoms with Crippen molar-refractivity contribution >= 4 is 27.5 Å². The first-order valence-corrected chi connectivity index (χ1v) is 8.06. The highest BCUT2D eigenvalue weighted by molar-refractivity contribution is 7.99. The van der Waals surface area contributed by atoms with Gasteiger partial charge in [0.25, 0.3) is 15.8 Å². The Morgan fingerprint density at radius 3 is 2.29 bits per heavy atom. The van der Waals surface area contributed by atoms with Gasteiger partial charge in [0.15, 0.2) is 0 Å². The minimum atomic E-state index is -3.92. The van der Waals surface area contributed by atoms with Crippen LogP contribution in [0.25, 0.3) is 0 Å². The van der Waals surface area contributed by atoms with Gasteiger partial charge in [-0.1, -0.05) is 17.8 Å². The zero-order valence-corrected chi connectivity index (χ0v) is 12.1. The molecule has 3 nitrogen and oxygen atoms in total. The number of sulfonamides is 1. The smallest absolute Gasteiger partial charge is 0.280 e. The summed E-state index contributed by atoms with van der Waals surface area (Å²) >= 11 is 0.363. The lowest BCUT2D eigenvalue weighted by Crippen LogP contribution is -2.13. The fraction of sp³-hybridized carbons (Fsp3) is 0.0769. The standard InChI is InChI=1S/C13H10F3NO2S2/c14-9-2-1-3-12(8-9)21(18,19)17-10-4-6-11(7-5-10)20-13(15)16/h1-8,13,17H. The second kappa shape index (κ2) is 6.40. The van der Waals surface area contributed by atoms with Gasteiger partial charge in [-0.15, -0.1) is 0 Å². The molecule has 0 heterocycles. The van der Waals surface area contributed by atoms with E-state index >= 15 is 0 Å². The fourth-order valence-electron chi connectivity index (χ4n) is 1.55. The molecule has 0 bridgehead atoms. The number of alkyl halides is 2. The minimum absolute atomic E-state index is 0.206. The Morgan fingerprint density at radius 1 is 1.05 bits per heavy atom. The second-order valence-electron chi connectivity index (χ2n) is 3.97. The van der Waals surface area contributed by atoms with Gasteiger partial charge in [0, 0.05) is 10.6 Å². The summed E-state index contributed by atoms with van der Waals surface area (Å²) in [5.74, 6) is -3.21. The van der Waals surface area contributed by atoms with Crippen molar-refractivity contribution in [3.8, 4) is 0 Å². The van der Waals surface area contributed by atoms with E-state index in [0.717, 1.165) is 12.1 Å². The van der Waals surface area contributed by atoms with Crippen molar-refractivity contribution in [1.29, 1.82) is 0 Å². The van der Waals surface area contributed by atoms with E-state index in [1.54, 1.807) is 0 Å². The molecule has 0 aliphatic carbocycles. The van der Waals surface area contributed by atoms with Crippen LogP contribution in [0, 0.1) is 5.82 Å². The van der Waals surface area contributed by atoms with Crippen molar-refractivity contribution in [2.24, 2.45) is 0 Å². The van der Waals surface area contributed by atoms with Gasteiger partial charge < -0.3 is 0 Å². The van der Waals surface area contributed by atoms with E-state index in [1.165, 1.54) is 36.4 Å². The molecule has 2 aromatic rings. The van der Waals surface area contributed by atoms with Crippen LogP contribution in [0.4, 0.5) is 18.9 Å². The maximum Gasteiger partial charge on any atom is 0.288 e. The molecule has 0 aliphatic heterocycles. The third-order valence-electron chi connectivity index (χ3n) is 2.44. The predicted molar refractivity (Wildman–Crippen MR) is 75.5 cm³/mol. The van der Waals surface area contributed by atoms with Crippen LogP contribution in [0.5, 0.6) is 0 Å². The van der Waals surface area contributed by atoms with Crippen LogP contribution < -0.4 is 4.72 Å². The number of anilines is 1. The molecule has 0 aromatic heterocycles. The normalized spacial score (nSPS) is 11.6. The zero-order chi connectivity index (χ0) is 15.5. The van der Waals surface area contributed by atoms with Gasteiger partial charge in [-0.3, -0.25) is 4.72 Å². The van der Waals surface area contributed by atoms with Crippen molar-refractivity contribution in [2.45, 2.75) is 15.5 Å². The van der Waals surface area contributed by atoms with Crippen LogP contribution in [0.1, 0.15) is 0 Å². The molecular formula is C13H10F3NO2S2. The van der Waals surface area contributed by atoms with E-state index in [9.17, 15) is 21.6 Å². The molecular weight excluding hydrogens is 323 g/mol. The second-order valence-corrected chi connectivity index (χ2v) is 6.71. The molecule has 0 radical (unpaired) electrons. The Bertz CT molecular complexity index is 718. The SMILES string of the molecule is O=S(=O)(Nc1ccc(SC(F)F)cc1)c1cccc(F)c1. The van der Waals surface area contributed by atoms with Crippen LogP contribution in [0.15, 0.2) is 58.3 Å². The Labute approximate surface area is 124 Å². The topological polar surface area (TPSA) is 46.2 Å². The van der Waals surface area contributed by atoms with Crippen LogP contribution in [-0.2, 0) is 10.0 Å². The average Bonchev–Trinajstić information content (AvgIpc) is 2.40. The van der Waals surface area contributed by atoms with Gasteiger partial charge in [0.05, 0.1) is 4.90 Å². The Hall–Kier alpha value is -1.67. The van der Waals surface area contributed by atoms with Crippen LogP contribution >= 0.6 is 11.8 Å². The third kappa shape index (κ3) is 4.40. The summed E-state index contributed by atoms with van der Waals surface area (Å²) in [6, 6.07) is 10.0. The largest absolute Gasteiger partial charge is 0.288 e. The van der Waals surface area contributed by atoms with E-state index < -0.39 is 21.6 Å². The van der Waals surface area contributed by atoms with E-state index in [0.29, 0.717) is 16.7 Å². The van der Waals surface area contributed by atoms with Gasteiger partial charge in [0.2, 0.25) is 0 Å². The van der Waals surface area contributed by atoms with Crippen molar-refractivity contribution in [1.82, 2.24) is 0 Å². The average molecular weight is 333 g/mol. The molecule has 0 saturated heterocycles. The van der Waals surface area contributed by atoms with Crippen molar-refractivity contribution in [3.05, 3.63) is 54.3 Å². The van der Waals surface area contributed by atoms with E-state index in [4.69, 9.17) is 0 Å². The number of rotatable bonds is 5. The maximum absolute atomic E-state index is 13.0. The monoisotopic (exact) mass is 333 g/mol. The molecule has 21 heavy (non-hydrogen) atoms. The van der Waals surface area contributed by atoms with Gasteiger partial charge in [-0.25, -0.2) is 12.8 Å². The van der Waals surface area contributed by atoms with Crippen molar-refractivity contribution < 1.29 is 21.6 Å². The summed E-state index contributed by atoms with van der Waals surface area (Å²) in [5.41, 5.74) is 0.206. The first kappa shape index (κ1) is 15.7. The summed E-state index contributed by atoms with van der Waals surface area (Å²) < 4.78 is 63.7. The van der Waals surface area contributed by atoms with Crippen molar-refractivity contribution in [3.63, 3.8) is 0 Å². The highest BCUT2D eigenvalue weighted by Gasteiger charge is 2.15. The van der Waals surface area contributed by atoms with Gasteiger partial charge >= 0.3 is 0 Å². The highest BCUT2D eigenvalue weighted by atomic mass is 32.2. The number of hydrogen-bond donors (Lipinski definition) is 1. The lowest BCUT2D eigenvalue weighted by Gasteiger charge is -2.08. The zero-order valence-electron chi connectivity index (χ0n) is 10.5. The summed E-state index contributed by atoms with van der Waals surface area (Å²) in [7, 11) is -3.92. The molecule has 0 amide bonds. The summed E-state index contributed by atoms with van der Waals surface area (Å²) in [4.78, 5) is 0.104. The highest BCUT2D eigenvalue weighted by Crippen LogP contribution is 2.26. The Morgan fingerprint density at radius 2 is 1.71 bits per heavy atom. The molecule has 1 N–H and O–H groups in total. The summed E-state index contributed by atoms with van der Waals surface area (Å²) in [6.45, 7) is 0. The first-order valence-electron chi connectivity index (χ1n) is 5.70. The van der Waals surface area contributed by atoms with Gasteiger partial charge in [-0.2, -0.15) is 8.78 Å². The number of thioether (sulfide) groups is 1. The lowest BCUT2D eigenvalue weighted by molar-refractivity contribution is 0.252. The number of halogens is 3. The van der Waals surface area contributed by atoms with Gasteiger partial charge in [0.1, 0.15) is 5.82 Å². The Kier molecular flexibility index (Phi) is 4.79. The van der Waals surface area contributed by atoms with Crippen LogP contribution in [0.3, 0.4) is 0 Å². The van der Waals surface area contributed by atoms with Crippen molar-refractivity contribution in [2.75, 3.05) is 4.72 Å². The van der Waals surface area contributed by atoms with Crippen LogP contribution in [-0.4, -0.2) is 14.2 Å². The fourth-order valence-corrected chi connectivity index (χ4v) is 3.14. The number of hydrogen-bond acceptors (Lipinski definition) is 3. The predicted octanol–water partition coefficient (Wildman–Crippen LogP) is 3.94. The molecule has 8 heteroatoms. The summed E-state index contributed by atoms with van der Waals surface area (Å²) in [5, 5.41) is 0. The lowest BCUT2D eigenvalue weighted by atomic mass is 10.3. The maximum atomic E-state index is 13.0. The molecule has 0 saturated carbocycles. The van der Waals surface area contributed by atoms with Crippen LogP contribution in [0.2, 0.25) is 0 Å². The number of nitrogens with one attached hydrogen (secondary N) is 1. The minimum Gasteiger partial charge on any atom is -0.280 e. The molecule has 2 rings (SSSR count). The number of benzene rings is 2. The molecule has 0 aliphatic rings. The third-order valence-corrected chi connectivity index (χ3v) is 4.54. The van der Waals surface area contributed by atoms with E-state index in [-0.39, 0.29) is 10.6 Å². The summed E-state index contributed by atoms with van der Waals surface area (Å²) in [6.07, 6.45) is 0. The molecule has 0 spiro atoms. The van der Waals surface area contributed by atoms with Gasteiger partial charge in [-0.05, 0) is 42.5 Å². The molecule has 2 aromatic carbocycles. The molecule has 0 fully saturated rings. The first-order chi connectivity index (χ1) is 9.87. The van der Waals surface area contributed by atoms with E-state index in [1.807, 2.05) is 0 Å². The quantitative estimate of drug-likeness (QED) is 0.843. The molecule has 0 unspecified atom stereocenters.